The molecule has 0 aliphatic heterocycles. The summed E-state index contributed by atoms with van der Waals surface area (Å²) in [5, 5.41) is 0. The van der Waals surface area contributed by atoms with E-state index in [1.54, 1.807) is 0 Å². The van der Waals surface area contributed by atoms with Crippen molar-refractivity contribution >= 4 is 11.6 Å². The SMILES string of the molecule is O=S=O.[K+]. The minimum atomic E-state index is -0.750. The molecule has 0 aromatic rings. The van der Waals surface area contributed by atoms with Gasteiger partial charge >= 0.3 is 63.0 Å². The van der Waals surface area contributed by atoms with E-state index in [2.05, 4.69) is 0 Å². The van der Waals surface area contributed by atoms with Crippen LogP contribution in [-0.4, -0.2) is 8.42 Å². The maximum absolute atomic E-state index is 8.29. The van der Waals surface area contributed by atoms with E-state index in [4.69, 9.17) is 8.42 Å². The van der Waals surface area contributed by atoms with Gasteiger partial charge in [0.2, 0.25) is 0 Å². The first kappa shape index (κ1) is 9.07. The smallest absolute Gasteiger partial charge is 0.168 e. The van der Waals surface area contributed by atoms with E-state index in [9.17, 15) is 0 Å². The van der Waals surface area contributed by atoms with Crippen molar-refractivity contribution in [2.75, 3.05) is 0 Å². The van der Waals surface area contributed by atoms with Crippen molar-refractivity contribution in [1.29, 1.82) is 0 Å². The minimum absolute atomic E-state index is 0. The van der Waals surface area contributed by atoms with Crippen LogP contribution in [-0.2, 0) is 11.6 Å². The first-order valence-corrected chi connectivity index (χ1v) is 1.00. The van der Waals surface area contributed by atoms with Gasteiger partial charge in [-0.3, -0.25) is 0 Å². The standard InChI is InChI=1S/K.O2S/c;1-3-2/q+1;. The third-order valence-electron chi connectivity index (χ3n) is 0. The molecule has 0 rings (SSSR count). The van der Waals surface area contributed by atoms with Crippen LogP contribution < -0.4 is 51.4 Å². The summed E-state index contributed by atoms with van der Waals surface area (Å²) < 4.78 is 16.6. The molecule has 0 saturated heterocycles. The zero-order chi connectivity index (χ0) is 2.71. The predicted octanol–water partition coefficient (Wildman–Crippen LogP) is -3.67. The molecule has 4 heavy (non-hydrogen) atoms. The Morgan fingerprint density at radius 1 is 1.25 bits per heavy atom. The van der Waals surface area contributed by atoms with Gasteiger partial charge in [0.1, 0.15) is 0 Å². The molecule has 0 heterocycles. The van der Waals surface area contributed by atoms with Gasteiger partial charge in [-0.1, -0.05) is 0 Å². The van der Waals surface area contributed by atoms with Gasteiger partial charge in [0.05, 0.1) is 0 Å². The van der Waals surface area contributed by atoms with Crippen LogP contribution in [0.3, 0.4) is 0 Å². The number of hydrogen-bond donors (Lipinski definition) is 0. The monoisotopic (exact) mass is 103 g/mol. The fraction of sp³-hybridized carbons (Fsp3) is 0. The molecule has 0 N–H and O–H groups in total. The average molecular weight is 103 g/mol. The van der Waals surface area contributed by atoms with Crippen LogP contribution in [0.15, 0.2) is 0 Å². The van der Waals surface area contributed by atoms with E-state index in [0.717, 1.165) is 0 Å². The van der Waals surface area contributed by atoms with E-state index >= 15 is 0 Å². The van der Waals surface area contributed by atoms with Crippen LogP contribution in [0.25, 0.3) is 0 Å². The molecule has 0 unspecified atom stereocenters. The van der Waals surface area contributed by atoms with Crippen LogP contribution >= 0.6 is 0 Å². The van der Waals surface area contributed by atoms with E-state index < -0.39 is 11.6 Å². The molecule has 0 fully saturated rings. The molecule has 0 aromatic carbocycles. The summed E-state index contributed by atoms with van der Waals surface area (Å²) in [6.45, 7) is 0. The van der Waals surface area contributed by atoms with E-state index in [1.807, 2.05) is 0 Å². The molecule has 0 atom stereocenters. The molecule has 0 spiro atoms. The molecule has 0 bridgehead atoms. The fourth-order valence-corrected chi connectivity index (χ4v) is 0. The molecule has 0 aliphatic carbocycles. The second-order valence-electron chi connectivity index (χ2n) is 0.0680. The zero-order valence-electron chi connectivity index (χ0n) is 2.22. The normalized spacial score (nSPS) is 3.00. The Labute approximate surface area is 70.0 Å². The van der Waals surface area contributed by atoms with Crippen LogP contribution in [0.2, 0.25) is 0 Å². The Morgan fingerprint density at radius 3 is 1.25 bits per heavy atom. The van der Waals surface area contributed by atoms with Crippen molar-refractivity contribution < 1.29 is 59.8 Å². The topological polar surface area (TPSA) is 34.1 Å². The molecule has 0 saturated carbocycles. The van der Waals surface area contributed by atoms with Gasteiger partial charge in [0.25, 0.3) is 0 Å². The van der Waals surface area contributed by atoms with Crippen molar-refractivity contribution in [3.63, 3.8) is 0 Å². The predicted molar refractivity (Wildman–Crippen MR) is 8.92 cm³/mol. The average Bonchev–Trinajstić information content (AvgIpc) is 0.918. The van der Waals surface area contributed by atoms with Crippen molar-refractivity contribution in [1.82, 2.24) is 0 Å². The molecular weight excluding hydrogens is 103 g/mol. The molecule has 4 heteroatoms. The summed E-state index contributed by atoms with van der Waals surface area (Å²) in [6, 6.07) is 0. The summed E-state index contributed by atoms with van der Waals surface area (Å²) in [6.07, 6.45) is 0. The summed E-state index contributed by atoms with van der Waals surface area (Å²) in [5.74, 6) is 0. The van der Waals surface area contributed by atoms with Gasteiger partial charge in [-0.25, -0.2) is 0 Å². The summed E-state index contributed by atoms with van der Waals surface area (Å²) in [7, 11) is 0. The second kappa shape index (κ2) is 8.82. The Bertz CT molecular complexity index is 27.0. The number of rotatable bonds is 0. The molecule has 0 amide bonds. The third-order valence-corrected chi connectivity index (χ3v) is 0. The molecule has 0 radical (unpaired) electrons. The van der Waals surface area contributed by atoms with Crippen LogP contribution in [0.4, 0.5) is 0 Å². The quantitative estimate of drug-likeness (QED) is 0.296. The van der Waals surface area contributed by atoms with Gasteiger partial charge in [0, 0.05) is 0 Å². The molecule has 0 aliphatic rings. The molecule has 2 nitrogen and oxygen atoms in total. The second-order valence-corrected chi connectivity index (χ2v) is 0.204. The van der Waals surface area contributed by atoms with Crippen molar-refractivity contribution in [2.24, 2.45) is 0 Å². The van der Waals surface area contributed by atoms with E-state index in [0.29, 0.717) is 0 Å². The Balaban J connectivity index is 0. The molecule has 18 valence electrons. The third kappa shape index (κ3) is 9.83. The largest absolute Gasteiger partial charge is 1.00 e. The first-order valence-electron chi connectivity index (χ1n) is 0.333. The summed E-state index contributed by atoms with van der Waals surface area (Å²) in [4.78, 5) is 0. The summed E-state index contributed by atoms with van der Waals surface area (Å²) in [5.41, 5.74) is 0. The molecule has 0 aromatic heterocycles. The minimum Gasteiger partial charge on any atom is -0.168 e. The van der Waals surface area contributed by atoms with Gasteiger partial charge < -0.3 is 0 Å². The maximum Gasteiger partial charge on any atom is 1.00 e. The van der Waals surface area contributed by atoms with Crippen LogP contribution in [0, 0.1) is 0 Å². The van der Waals surface area contributed by atoms with Crippen molar-refractivity contribution in [3.8, 4) is 0 Å². The van der Waals surface area contributed by atoms with E-state index in [1.165, 1.54) is 0 Å². The Morgan fingerprint density at radius 2 is 1.25 bits per heavy atom. The van der Waals surface area contributed by atoms with Crippen LogP contribution in [0.1, 0.15) is 0 Å². The van der Waals surface area contributed by atoms with E-state index in [-0.39, 0.29) is 51.4 Å². The van der Waals surface area contributed by atoms with Gasteiger partial charge in [-0.05, 0) is 0 Å². The maximum atomic E-state index is 8.29. The molecular formula is KO2S+. The number of hydrogen-bond acceptors (Lipinski definition) is 2. The van der Waals surface area contributed by atoms with Crippen molar-refractivity contribution in [2.45, 2.75) is 0 Å². The van der Waals surface area contributed by atoms with Crippen LogP contribution in [0.5, 0.6) is 0 Å². The van der Waals surface area contributed by atoms with Gasteiger partial charge in [-0.15, -0.1) is 0 Å². The van der Waals surface area contributed by atoms with Gasteiger partial charge in [0.15, 0.2) is 0 Å². The zero-order valence-corrected chi connectivity index (χ0v) is 6.16. The van der Waals surface area contributed by atoms with Crippen molar-refractivity contribution in [3.05, 3.63) is 0 Å². The Hall–Kier alpha value is 1.46. The summed E-state index contributed by atoms with van der Waals surface area (Å²) >= 11 is -0.750. The Kier molecular flexibility index (Phi) is 20.0. The fourth-order valence-electron chi connectivity index (χ4n) is 0. The van der Waals surface area contributed by atoms with Gasteiger partial charge in [-0.2, -0.15) is 8.42 Å². The first-order chi connectivity index (χ1) is 1.41.